The fourth-order valence-electron chi connectivity index (χ4n) is 3.21. The number of nitrogens with zero attached hydrogens (tertiary/aromatic N) is 3. The highest BCUT2D eigenvalue weighted by Gasteiger charge is 2.33. The molecular weight excluding hydrogens is 452 g/mol. The second-order valence-electron chi connectivity index (χ2n) is 7.33. The van der Waals surface area contributed by atoms with Crippen LogP contribution in [0, 0.1) is 17.0 Å². The summed E-state index contributed by atoms with van der Waals surface area (Å²) in [4.78, 5) is 52.6. The van der Waals surface area contributed by atoms with Crippen molar-refractivity contribution in [3.05, 3.63) is 45.5 Å². The minimum Gasteiger partial charge on any atom is -0.467 e. The maximum atomic E-state index is 12.5. The first kappa shape index (κ1) is 25.9. The van der Waals surface area contributed by atoms with Gasteiger partial charge in [-0.2, -0.15) is 0 Å². The molecule has 1 fully saturated rings. The van der Waals surface area contributed by atoms with E-state index in [0.717, 1.165) is 11.1 Å². The van der Waals surface area contributed by atoms with Crippen LogP contribution in [0.4, 0.5) is 0 Å². The summed E-state index contributed by atoms with van der Waals surface area (Å²) >= 11 is 1.51. The Morgan fingerprint density at radius 3 is 2.73 bits per heavy atom. The number of thioether (sulfide) groups is 1. The number of aryl methyl sites for hydroxylation is 1. The molecule has 1 aliphatic heterocycles. The third kappa shape index (κ3) is 8.25. The molecule has 0 radical (unpaired) electrons. The maximum Gasteiger partial charge on any atom is 0.328 e. The Morgan fingerprint density at radius 1 is 1.39 bits per heavy atom. The van der Waals surface area contributed by atoms with Crippen LogP contribution >= 0.6 is 11.8 Å². The number of methoxy groups -OCH3 is 1. The SMILES string of the molecule is COC(=O)[C@H](CCCN=C(N)N[N+](=O)[O-])NC(=O)CCN1C(=O)CSC1c1ccc(C)cc1. The Hall–Kier alpha value is -3.35. The number of nitrogens with two attached hydrogens (primary N) is 1. The predicted octanol–water partition coefficient (Wildman–Crippen LogP) is 0.493. The average Bonchev–Trinajstić information content (AvgIpc) is 3.14. The number of hydrogen-bond donors (Lipinski definition) is 3. The number of carbonyl (C=O) groups excluding carboxylic acids is 3. The minimum absolute atomic E-state index is 0.0278. The summed E-state index contributed by atoms with van der Waals surface area (Å²) in [6.07, 6.45) is 0.565. The molecule has 1 aromatic rings. The number of esters is 1. The molecule has 1 aliphatic rings. The standard InChI is InChI=1S/C20H28N6O6S/c1-13-5-7-14(8-6-13)18-25(17(28)12-33-18)11-9-16(27)23-15(19(29)32-2)4-3-10-22-20(21)24-26(30)31/h5-8,15,18H,3-4,9-12H2,1-2H3,(H,23,27)(H3,21,22,24)/t15-,18?/m0/s1. The third-order valence-electron chi connectivity index (χ3n) is 4.87. The molecule has 0 bridgehead atoms. The summed E-state index contributed by atoms with van der Waals surface area (Å²) in [5.41, 5.74) is 9.16. The van der Waals surface area contributed by atoms with Gasteiger partial charge in [-0.25, -0.2) is 19.9 Å². The normalized spacial score (nSPS) is 16.9. The lowest BCUT2D eigenvalue weighted by Gasteiger charge is -2.24. The molecule has 2 amide bonds. The molecule has 180 valence electrons. The second kappa shape index (κ2) is 12.6. The molecule has 1 aromatic carbocycles. The first-order chi connectivity index (χ1) is 15.7. The van der Waals surface area contributed by atoms with E-state index in [1.54, 1.807) is 10.3 Å². The first-order valence-corrected chi connectivity index (χ1v) is 11.3. The van der Waals surface area contributed by atoms with Gasteiger partial charge in [-0.3, -0.25) is 9.59 Å². The fourth-order valence-corrected chi connectivity index (χ4v) is 4.43. The van der Waals surface area contributed by atoms with Crippen LogP contribution in [-0.2, 0) is 19.1 Å². The largest absolute Gasteiger partial charge is 0.467 e. The van der Waals surface area contributed by atoms with E-state index in [2.05, 4.69) is 10.3 Å². The van der Waals surface area contributed by atoms with Crippen molar-refractivity contribution in [1.82, 2.24) is 15.6 Å². The minimum atomic E-state index is -0.904. The molecule has 0 saturated carbocycles. The van der Waals surface area contributed by atoms with E-state index in [0.29, 0.717) is 12.2 Å². The molecule has 1 unspecified atom stereocenters. The Kier molecular flexibility index (Phi) is 9.91. The quantitative estimate of drug-likeness (QED) is 0.102. The van der Waals surface area contributed by atoms with Gasteiger partial charge in [0.15, 0.2) is 5.03 Å². The van der Waals surface area contributed by atoms with E-state index in [-0.39, 0.29) is 43.2 Å². The van der Waals surface area contributed by atoms with Gasteiger partial charge in [0.2, 0.25) is 11.8 Å². The van der Waals surface area contributed by atoms with E-state index in [4.69, 9.17) is 10.5 Å². The number of amides is 2. The van der Waals surface area contributed by atoms with Crippen molar-refractivity contribution in [2.75, 3.05) is 26.0 Å². The van der Waals surface area contributed by atoms with Gasteiger partial charge in [-0.05, 0) is 25.3 Å². The van der Waals surface area contributed by atoms with E-state index in [1.165, 1.54) is 18.9 Å². The molecule has 1 heterocycles. The monoisotopic (exact) mass is 480 g/mol. The molecule has 0 aromatic heterocycles. The van der Waals surface area contributed by atoms with Gasteiger partial charge in [0.1, 0.15) is 11.4 Å². The van der Waals surface area contributed by atoms with Crippen LogP contribution in [-0.4, -0.2) is 65.7 Å². The number of nitro groups is 1. The molecule has 0 spiro atoms. The number of hydrogen-bond acceptors (Lipinski definition) is 8. The average molecular weight is 481 g/mol. The number of rotatable bonds is 11. The van der Waals surface area contributed by atoms with Crippen molar-refractivity contribution in [2.24, 2.45) is 10.7 Å². The number of guanidine groups is 1. The molecule has 33 heavy (non-hydrogen) atoms. The summed E-state index contributed by atoms with van der Waals surface area (Å²) in [6, 6.07) is 7.01. The topological polar surface area (TPSA) is 169 Å². The summed E-state index contributed by atoms with van der Waals surface area (Å²) in [6.45, 7) is 2.33. The van der Waals surface area contributed by atoms with Crippen LogP contribution in [0.2, 0.25) is 0 Å². The van der Waals surface area contributed by atoms with Gasteiger partial charge in [0, 0.05) is 19.5 Å². The van der Waals surface area contributed by atoms with E-state index in [1.807, 2.05) is 31.2 Å². The molecule has 2 atom stereocenters. The Morgan fingerprint density at radius 2 is 2.09 bits per heavy atom. The van der Waals surface area contributed by atoms with Crippen molar-refractivity contribution in [1.29, 1.82) is 0 Å². The van der Waals surface area contributed by atoms with Crippen molar-refractivity contribution in [3.63, 3.8) is 0 Å². The summed E-state index contributed by atoms with van der Waals surface area (Å²) in [7, 11) is 1.21. The van der Waals surface area contributed by atoms with Gasteiger partial charge >= 0.3 is 5.97 Å². The summed E-state index contributed by atoms with van der Waals surface area (Å²) in [5, 5.41) is 11.9. The second-order valence-corrected chi connectivity index (χ2v) is 8.40. The molecular formula is C20H28N6O6S. The van der Waals surface area contributed by atoms with Crippen LogP contribution in [0.3, 0.4) is 0 Å². The number of carbonyl (C=O) groups is 3. The van der Waals surface area contributed by atoms with Crippen molar-refractivity contribution in [3.8, 4) is 0 Å². The van der Waals surface area contributed by atoms with Crippen LogP contribution in [0.15, 0.2) is 29.3 Å². The van der Waals surface area contributed by atoms with Gasteiger partial charge in [0.05, 0.1) is 12.9 Å². The van der Waals surface area contributed by atoms with Crippen LogP contribution in [0.25, 0.3) is 0 Å². The Balaban J connectivity index is 1.88. The van der Waals surface area contributed by atoms with Gasteiger partial charge in [0.25, 0.3) is 5.96 Å². The molecule has 13 heteroatoms. The van der Waals surface area contributed by atoms with Crippen molar-refractivity contribution < 1.29 is 24.2 Å². The number of nitrogens with one attached hydrogen (secondary N) is 2. The molecule has 0 aliphatic carbocycles. The maximum absolute atomic E-state index is 12.5. The lowest BCUT2D eigenvalue weighted by Crippen LogP contribution is -2.43. The van der Waals surface area contributed by atoms with Crippen molar-refractivity contribution >= 4 is 35.5 Å². The van der Waals surface area contributed by atoms with Crippen LogP contribution in [0.5, 0.6) is 0 Å². The molecule has 4 N–H and O–H groups in total. The van der Waals surface area contributed by atoms with Crippen molar-refractivity contribution in [2.45, 2.75) is 37.6 Å². The van der Waals surface area contributed by atoms with Gasteiger partial charge in [-0.15, -0.1) is 11.8 Å². The number of benzene rings is 1. The molecule has 12 nitrogen and oxygen atoms in total. The van der Waals surface area contributed by atoms with Gasteiger partial charge < -0.3 is 20.7 Å². The van der Waals surface area contributed by atoms with Crippen LogP contribution in [0.1, 0.15) is 35.8 Å². The summed E-state index contributed by atoms with van der Waals surface area (Å²) < 4.78 is 4.74. The van der Waals surface area contributed by atoms with Gasteiger partial charge in [-0.1, -0.05) is 35.3 Å². The van der Waals surface area contributed by atoms with Crippen LogP contribution < -0.4 is 16.5 Å². The highest BCUT2D eigenvalue weighted by Crippen LogP contribution is 2.38. The highest BCUT2D eigenvalue weighted by molar-refractivity contribution is 8.00. The summed E-state index contributed by atoms with van der Waals surface area (Å²) in [5.74, 6) is -1.05. The van der Waals surface area contributed by atoms with E-state index >= 15 is 0 Å². The van der Waals surface area contributed by atoms with E-state index in [9.17, 15) is 24.5 Å². The Bertz CT molecular complexity index is 894. The zero-order chi connectivity index (χ0) is 24.4. The highest BCUT2D eigenvalue weighted by atomic mass is 32.2. The molecule has 2 rings (SSSR count). The number of aliphatic imine (C=N–C) groups is 1. The fraction of sp³-hybridized carbons (Fsp3) is 0.500. The number of hydrazine groups is 1. The lowest BCUT2D eigenvalue weighted by molar-refractivity contribution is -0.525. The lowest BCUT2D eigenvalue weighted by atomic mass is 10.1. The first-order valence-electron chi connectivity index (χ1n) is 10.3. The molecule has 1 saturated heterocycles. The van der Waals surface area contributed by atoms with E-state index < -0.39 is 23.0 Å². The number of ether oxygens (including phenoxy) is 1. The zero-order valence-corrected chi connectivity index (χ0v) is 19.3. The Labute approximate surface area is 195 Å². The third-order valence-corrected chi connectivity index (χ3v) is 6.13. The predicted molar refractivity (Wildman–Crippen MR) is 123 cm³/mol. The smallest absolute Gasteiger partial charge is 0.328 e. The zero-order valence-electron chi connectivity index (χ0n) is 18.5.